The fourth-order valence-electron chi connectivity index (χ4n) is 6.34. The van der Waals surface area contributed by atoms with E-state index >= 15 is 0 Å². The van der Waals surface area contributed by atoms with Gasteiger partial charge in [-0.2, -0.15) is 5.10 Å². The predicted octanol–water partition coefficient (Wildman–Crippen LogP) is 4.16. The van der Waals surface area contributed by atoms with Crippen molar-refractivity contribution in [3.8, 4) is 11.3 Å². The molecular weight excluding hydrogens is 478 g/mol. The third kappa shape index (κ3) is 4.41. The van der Waals surface area contributed by atoms with Gasteiger partial charge in [0.15, 0.2) is 0 Å². The Balaban J connectivity index is 1.28. The number of ether oxygens (including phenoxy) is 1. The molecule has 1 aliphatic heterocycles. The molecule has 198 valence electrons. The molecule has 0 bridgehead atoms. The van der Waals surface area contributed by atoms with Crippen molar-refractivity contribution in [1.82, 2.24) is 25.0 Å². The molecule has 6 rings (SSSR count). The lowest BCUT2D eigenvalue weighted by Crippen LogP contribution is -2.59. The fraction of sp³-hybridized carbons (Fsp3) is 0.433. The summed E-state index contributed by atoms with van der Waals surface area (Å²) >= 11 is 0. The lowest BCUT2D eigenvalue weighted by atomic mass is 9.79. The van der Waals surface area contributed by atoms with Gasteiger partial charge in [-0.1, -0.05) is 25.3 Å². The molecule has 0 radical (unpaired) electrons. The number of fused-ring (bicyclic) bond motifs is 2. The molecule has 1 amide bonds. The van der Waals surface area contributed by atoms with Gasteiger partial charge in [-0.15, -0.1) is 0 Å². The van der Waals surface area contributed by atoms with Gasteiger partial charge in [-0.3, -0.25) is 19.6 Å². The Morgan fingerprint density at radius 1 is 1.05 bits per heavy atom. The van der Waals surface area contributed by atoms with Gasteiger partial charge in [-0.25, -0.2) is 0 Å². The molecule has 8 heteroatoms. The van der Waals surface area contributed by atoms with Gasteiger partial charge in [0.2, 0.25) is 0 Å². The molecule has 38 heavy (non-hydrogen) atoms. The molecule has 3 heterocycles. The lowest BCUT2D eigenvalue weighted by molar-refractivity contribution is -0.0361. The number of nitrogens with zero attached hydrogens (tertiary/aromatic N) is 3. The molecule has 8 nitrogen and oxygen atoms in total. The molecule has 0 unspecified atom stereocenters. The van der Waals surface area contributed by atoms with Crippen molar-refractivity contribution in [2.75, 3.05) is 32.8 Å². The maximum atomic E-state index is 13.4. The van der Waals surface area contributed by atoms with Crippen LogP contribution in [-0.2, 0) is 11.8 Å². The highest BCUT2D eigenvalue weighted by Crippen LogP contribution is 2.34. The summed E-state index contributed by atoms with van der Waals surface area (Å²) in [5, 5.41) is 12.9. The average molecular weight is 514 g/mol. The van der Waals surface area contributed by atoms with Crippen molar-refractivity contribution < 1.29 is 9.53 Å². The predicted molar refractivity (Wildman–Crippen MR) is 150 cm³/mol. The van der Waals surface area contributed by atoms with E-state index in [1.807, 2.05) is 37.3 Å². The highest BCUT2D eigenvalue weighted by molar-refractivity contribution is 6.02. The van der Waals surface area contributed by atoms with Gasteiger partial charge < -0.3 is 14.6 Å². The van der Waals surface area contributed by atoms with Gasteiger partial charge in [0.05, 0.1) is 29.9 Å². The van der Waals surface area contributed by atoms with Crippen LogP contribution < -0.4 is 10.9 Å². The molecule has 0 spiro atoms. The first kappa shape index (κ1) is 24.8. The van der Waals surface area contributed by atoms with E-state index < -0.39 is 0 Å². The van der Waals surface area contributed by atoms with Crippen molar-refractivity contribution in [3.05, 3.63) is 63.9 Å². The van der Waals surface area contributed by atoms with Crippen LogP contribution in [0.2, 0.25) is 0 Å². The van der Waals surface area contributed by atoms with Gasteiger partial charge in [0.25, 0.3) is 11.5 Å². The smallest absolute Gasteiger partial charge is 0.251 e. The van der Waals surface area contributed by atoms with E-state index in [0.717, 1.165) is 77.8 Å². The van der Waals surface area contributed by atoms with E-state index in [1.165, 1.54) is 19.3 Å². The van der Waals surface area contributed by atoms with Gasteiger partial charge in [0.1, 0.15) is 0 Å². The quantitative estimate of drug-likeness (QED) is 0.418. The number of rotatable bonds is 5. The third-order valence-electron chi connectivity index (χ3n) is 8.60. The SMILES string of the molecule is Cc1cc(=O)n(C)c2ccc(-c3n[nH]c4ccc(C(=O)NCC5(N6CCOCC6)CCCCC5)cc34)cc12. The first-order chi connectivity index (χ1) is 18.4. The van der Waals surface area contributed by atoms with Crippen molar-refractivity contribution in [2.45, 2.75) is 44.6 Å². The van der Waals surface area contributed by atoms with Crippen LogP contribution in [-0.4, -0.2) is 64.0 Å². The Morgan fingerprint density at radius 3 is 2.63 bits per heavy atom. The minimum absolute atomic E-state index is 0.0195. The van der Waals surface area contributed by atoms with Crippen LogP contribution in [0.25, 0.3) is 33.1 Å². The Morgan fingerprint density at radius 2 is 1.84 bits per heavy atom. The number of aromatic amines is 1. The fourth-order valence-corrected chi connectivity index (χ4v) is 6.34. The van der Waals surface area contributed by atoms with Crippen molar-refractivity contribution >= 4 is 27.7 Å². The average Bonchev–Trinajstić information content (AvgIpc) is 3.39. The topological polar surface area (TPSA) is 92.2 Å². The maximum absolute atomic E-state index is 13.4. The molecule has 1 saturated heterocycles. The van der Waals surface area contributed by atoms with E-state index in [9.17, 15) is 9.59 Å². The molecule has 2 N–H and O–H groups in total. The summed E-state index contributed by atoms with van der Waals surface area (Å²) in [6.07, 6.45) is 5.91. The number of pyridine rings is 1. The first-order valence-corrected chi connectivity index (χ1v) is 13.7. The van der Waals surface area contributed by atoms with E-state index in [1.54, 1.807) is 17.7 Å². The van der Waals surface area contributed by atoms with E-state index in [4.69, 9.17) is 4.74 Å². The lowest BCUT2D eigenvalue weighted by Gasteiger charge is -2.48. The van der Waals surface area contributed by atoms with Crippen molar-refractivity contribution in [3.63, 3.8) is 0 Å². The molecule has 4 aromatic rings. The van der Waals surface area contributed by atoms with Crippen LogP contribution in [0.4, 0.5) is 0 Å². The monoisotopic (exact) mass is 513 g/mol. The Hall–Kier alpha value is -3.49. The van der Waals surface area contributed by atoms with Crippen LogP contribution in [0, 0.1) is 6.92 Å². The number of benzene rings is 2. The minimum atomic E-state index is -0.0541. The summed E-state index contributed by atoms with van der Waals surface area (Å²) in [4.78, 5) is 28.2. The summed E-state index contributed by atoms with van der Waals surface area (Å²) in [5.41, 5.74) is 5.06. The summed E-state index contributed by atoms with van der Waals surface area (Å²) in [6, 6.07) is 13.4. The number of morpholine rings is 1. The van der Waals surface area contributed by atoms with E-state index in [2.05, 4.69) is 26.5 Å². The molecule has 2 aliphatic rings. The van der Waals surface area contributed by atoms with E-state index in [0.29, 0.717) is 12.1 Å². The molecule has 2 fully saturated rings. The van der Waals surface area contributed by atoms with Crippen LogP contribution >= 0.6 is 0 Å². The number of hydrogen-bond donors (Lipinski definition) is 2. The number of H-pyrrole nitrogens is 1. The summed E-state index contributed by atoms with van der Waals surface area (Å²) in [6.45, 7) is 6.00. The Labute approximate surface area is 222 Å². The van der Waals surface area contributed by atoms with E-state index in [-0.39, 0.29) is 17.0 Å². The minimum Gasteiger partial charge on any atom is -0.379 e. The standard InChI is InChI=1S/C30H35N5O3/c1-20-16-27(36)34(2)26-9-7-21(17-23(20)26)28-24-18-22(6-8-25(24)32-33-28)29(37)31-19-30(10-4-3-5-11-30)35-12-14-38-15-13-35/h6-9,16-18H,3-5,10-15,19H2,1-2H3,(H,31,37)(H,32,33). The molecule has 2 aromatic heterocycles. The first-order valence-electron chi connectivity index (χ1n) is 13.7. The molecule has 0 atom stereocenters. The summed E-state index contributed by atoms with van der Waals surface area (Å²) < 4.78 is 7.26. The number of nitrogens with one attached hydrogen (secondary N) is 2. The number of amides is 1. The Bertz CT molecular complexity index is 1560. The van der Waals surface area contributed by atoms with Crippen LogP contribution in [0.1, 0.15) is 48.0 Å². The number of carbonyl (C=O) groups excluding carboxylic acids is 1. The zero-order valence-electron chi connectivity index (χ0n) is 22.2. The van der Waals surface area contributed by atoms with Crippen LogP contribution in [0.5, 0.6) is 0 Å². The van der Waals surface area contributed by atoms with Gasteiger partial charge in [0, 0.05) is 60.2 Å². The third-order valence-corrected chi connectivity index (χ3v) is 8.60. The normalized spacial score (nSPS) is 18.2. The molecular formula is C30H35N5O3. The van der Waals surface area contributed by atoms with Crippen LogP contribution in [0.15, 0.2) is 47.3 Å². The zero-order chi connectivity index (χ0) is 26.3. The zero-order valence-corrected chi connectivity index (χ0v) is 22.2. The number of carbonyl (C=O) groups is 1. The summed E-state index contributed by atoms with van der Waals surface area (Å²) in [5.74, 6) is -0.0541. The van der Waals surface area contributed by atoms with Crippen LogP contribution in [0.3, 0.4) is 0 Å². The van der Waals surface area contributed by atoms with Gasteiger partial charge in [-0.05, 0) is 55.7 Å². The molecule has 1 aliphatic carbocycles. The largest absolute Gasteiger partial charge is 0.379 e. The highest BCUT2D eigenvalue weighted by atomic mass is 16.5. The second kappa shape index (κ2) is 10.0. The van der Waals surface area contributed by atoms with Crippen molar-refractivity contribution in [1.29, 1.82) is 0 Å². The summed E-state index contributed by atoms with van der Waals surface area (Å²) in [7, 11) is 1.79. The van der Waals surface area contributed by atoms with Gasteiger partial charge >= 0.3 is 0 Å². The number of aryl methyl sites for hydroxylation is 2. The number of aromatic nitrogens is 3. The highest BCUT2D eigenvalue weighted by Gasteiger charge is 2.38. The number of hydrogen-bond acceptors (Lipinski definition) is 5. The van der Waals surface area contributed by atoms with Crippen molar-refractivity contribution in [2.24, 2.45) is 7.05 Å². The Kier molecular flexibility index (Phi) is 6.53. The second-order valence-electron chi connectivity index (χ2n) is 10.9. The second-order valence-corrected chi connectivity index (χ2v) is 10.9. The maximum Gasteiger partial charge on any atom is 0.251 e. The molecule has 1 saturated carbocycles. The molecule has 2 aromatic carbocycles.